The van der Waals surface area contributed by atoms with Crippen LogP contribution in [-0.4, -0.2) is 17.7 Å². The normalized spacial score (nSPS) is 10.8. The van der Waals surface area contributed by atoms with Crippen LogP contribution in [0.25, 0.3) is 0 Å². The fraction of sp³-hybridized carbons (Fsp3) is 0.136. The topological polar surface area (TPSA) is 86.0 Å². The van der Waals surface area contributed by atoms with Crippen LogP contribution in [0.3, 0.4) is 0 Å². The molecule has 0 amide bonds. The predicted molar refractivity (Wildman–Crippen MR) is 123 cm³/mol. The highest BCUT2D eigenvalue weighted by molar-refractivity contribution is 6.35. The van der Waals surface area contributed by atoms with Gasteiger partial charge in [0.1, 0.15) is 6.61 Å². The lowest BCUT2D eigenvalue weighted by Gasteiger charge is -2.14. The number of nitro groups is 1. The van der Waals surface area contributed by atoms with Crippen molar-refractivity contribution in [2.75, 3.05) is 12.0 Å². The van der Waals surface area contributed by atoms with Crippen molar-refractivity contribution in [2.45, 2.75) is 13.5 Å². The molecule has 160 valence electrons. The maximum Gasteiger partial charge on any atom is 0.269 e. The summed E-state index contributed by atoms with van der Waals surface area (Å²) in [6, 6.07) is 16.7. The smallest absolute Gasteiger partial charge is 0.269 e. The molecule has 1 N–H and O–H groups in total. The van der Waals surface area contributed by atoms with Crippen LogP contribution in [0.1, 0.15) is 18.1 Å². The molecule has 3 aromatic carbocycles. The molecule has 3 aromatic rings. The molecule has 0 heterocycles. The van der Waals surface area contributed by atoms with Crippen molar-refractivity contribution < 1.29 is 14.4 Å². The first kappa shape index (κ1) is 22.4. The molecule has 31 heavy (non-hydrogen) atoms. The molecule has 0 spiro atoms. The summed E-state index contributed by atoms with van der Waals surface area (Å²) >= 11 is 12.4. The van der Waals surface area contributed by atoms with Gasteiger partial charge in [0, 0.05) is 27.7 Å². The molecule has 0 aliphatic rings. The minimum absolute atomic E-state index is 0.0181. The number of benzene rings is 3. The van der Waals surface area contributed by atoms with Crippen molar-refractivity contribution in [1.29, 1.82) is 0 Å². The summed E-state index contributed by atoms with van der Waals surface area (Å²) in [5, 5.41) is 15.9. The quantitative estimate of drug-likeness (QED) is 0.229. The zero-order valence-corrected chi connectivity index (χ0v) is 18.1. The van der Waals surface area contributed by atoms with E-state index in [0.717, 1.165) is 5.56 Å². The summed E-state index contributed by atoms with van der Waals surface area (Å²) in [6.45, 7) is 2.55. The molecule has 0 aromatic heterocycles. The first-order valence-electron chi connectivity index (χ1n) is 9.34. The van der Waals surface area contributed by atoms with Crippen LogP contribution in [0.4, 0.5) is 11.4 Å². The molecule has 0 saturated heterocycles. The van der Waals surface area contributed by atoms with Crippen molar-refractivity contribution >= 4 is 40.8 Å². The van der Waals surface area contributed by atoms with Gasteiger partial charge < -0.3 is 9.47 Å². The van der Waals surface area contributed by atoms with E-state index in [-0.39, 0.29) is 12.3 Å². The lowest BCUT2D eigenvalue weighted by Crippen LogP contribution is -2.01. The minimum Gasteiger partial charge on any atom is -0.490 e. The van der Waals surface area contributed by atoms with E-state index in [0.29, 0.717) is 39.4 Å². The van der Waals surface area contributed by atoms with E-state index in [4.69, 9.17) is 32.7 Å². The van der Waals surface area contributed by atoms with E-state index in [1.807, 2.05) is 13.0 Å². The Morgan fingerprint density at radius 2 is 1.74 bits per heavy atom. The van der Waals surface area contributed by atoms with Crippen molar-refractivity contribution in [1.82, 2.24) is 0 Å². The maximum atomic E-state index is 10.7. The number of anilines is 1. The fourth-order valence-electron chi connectivity index (χ4n) is 2.65. The third-order valence-corrected chi connectivity index (χ3v) is 4.89. The third-order valence-electron chi connectivity index (χ3n) is 4.19. The molecule has 0 radical (unpaired) electrons. The van der Waals surface area contributed by atoms with Gasteiger partial charge in [-0.1, -0.05) is 29.3 Å². The molecule has 0 fully saturated rings. The van der Waals surface area contributed by atoms with E-state index >= 15 is 0 Å². The first-order chi connectivity index (χ1) is 15.0. The van der Waals surface area contributed by atoms with Crippen LogP contribution in [0, 0.1) is 10.1 Å². The van der Waals surface area contributed by atoms with Crippen molar-refractivity contribution in [3.05, 3.63) is 92.0 Å². The molecule has 7 nitrogen and oxygen atoms in total. The van der Waals surface area contributed by atoms with E-state index in [1.165, 1.54) is 12.1 Å². The number of hydrogen-bond acceptors (Lipinski definition) is 6. The van der Waals surface area contributed by atoms with E-state index in [2.05, 4.69) is 10.5 Å². The summed E-state index contributed by atoms with van der Waals surface area (Å²) in [5.41, 5.74) is 4.96. The number of nitro benzene ring substituents is 1. The Bertz CT molecular complexity index is 1070. The molecule has 0 bridgehead atoms. The van der Waals surface area contributed by atoms with E-state index < -0.39 is 4.92 Å². The highest BCUT2D eigenvalue weighted by atomic mass is 35.5. The Morgan fingerprint density at radius 1 is 1.03 bits per heavy atom. The van der Waals surface area contributed by atoms with Crippen molar-refractivity contribution in [2.24, 2.45) is 5.10 Å². The van der Waals surface area contributed by atoms with E-state index in [9.17, 15) is 10.1 Å². The van der Waals surface area contributed by atoms with Gasteiger partial charge >= 0.3 is 0 Å². The van der Waals surface area contributed by atoms with E-state index in [1.54, 1.807) is 48.7 Å². The number of ether oxygens (including phenoxy) is 2. The van der Waals surface area contributed by atoms with Gasteiger partial charge in [0.25, 0.3) is 5.69 Å². The molecule has 3 rings (SSSR count). The zero-order valence-electron chi connectivity index (χ0n) is 16.5. The summed E-state index contributed by atoms with van der Waals surface area (Å²) < 4.78 is 11.6. The van der Waals surface area contributed by atoms with Gasteiger partial charge in [-0.3, -0.25) is 15.5 Å². The SMILES string of the molecule is CCOc1cc(C=NNc2ccc([N+](=O)[O-])cc2)ccc1OCc1c(Cl)cccc1Cl. The van der Waals surface area contributed by atoms with Gasteiger partial charge in [-0.05, 0) is 55.0 Å². The number of halogens is 2. The van der Waals surface area contributed by atoms with Crippen LogP contribution in [0.15, 0.2) is 65.8 Å². The summed E-state index contributed by atoms with van der Waals surface area (Å²) in [7, 11) is 0. The van der Waals surface area contributed by atoms with Crippen LogP contribution in [0.5, 0.6) is 11.5 Å². The summed E-state index contributed by atoms with van der Waals surface area (Å²) in [5.74, 6) is 1.11. The first-order valence-corrected chi connectivity index (χ1v) is 10.1. The Kier molecular flexibility index (Phi) is 7.70. The molecule has 9 heteroatoms. The molecule has 0 aliphatic heterocycles. The van der Waals surface area contributed by atoms with Crippen LogP contribution in [0.2, 0.25) is 10.0 Å². The second-order valence-corrected chi connectivity index (χ2v) is 7.12. The number of non-ortho nitro benzene ring substituents is 1. The highest BCUT2D eigenvalue weighted by Crippen LogP contribution is 2.31. The summed E-state index contributed by atoms with van der Waals surface area (Å²) in [4.78, 5) is 10.3. The van der Waals surface area contributed by atoms with Crippen molar-refractivity contribution in [3.63, 3.8) is 0 Å². The number of nitrogens with zero attached hydrogens (tertiary/aromatic N) is 2. The Labute approximate surface area is 189 Å². The van der Waals surface area contributed by atoms with Gasteiger partial charge in [-0.25, -0.2) is 0 Å². The zero-order chi connectivity index (χ0) is 22.2. The Balaban J connectivity index is 1.69. The number of rotatable bonds is 9. The second-order valence-electron chi connectivity index (χ2n) is 6.30. The minimum atomic E-state index is -0.453. The molecular weight excluding hydrogens is 441 g/mol. The number of hydrazone groups is 1. The van der Waals surface area contributed by atoms with Gasteiger partial charge in [-0.15, -0.1) is 0 Å². The Hall–Kier alpha value is -3.29. The summed E-state index contributed by atoms with van der Waals surface area (Å²) in [6.07, 6.45) is 1.61. The largest absolute Gasteiger partial charge is 0.490 e. The number of nitrogens with one attached hydrogen (secondary N) is 1. The fourth-order valence-corrected chi connectivity index (χ4v) is 3.16. The monoisotopic (exact) mass is 459 g/mol. The molecule has 0 saturated carbocycles. The van der Waals surface area contributed by atoms with Gasteiger partial charge in [0.15, 0.2) is 11.5 Å². The average Bonchev–Trinajstić information content (AvgIpc) is 2.75. The maximum absolute atomic E-state index is 10.7. The highest BCUT2D eigenvalue weighted by Gasteiger charge is 2.10. The lowest BCUT2D eigenvalue weighted by atomic mass is 10.2. The molecule has 0 aliphatic carbocycles. The standard InChI is InChI=1S/C22H19Cl2N3O4/c1-2-30-22-12-15(13-25-26-16-7-9-17(10-8-16)27(28)29)6-11-21(22)31-14-18-19(23)4-3-5-20(18)24/h3-13,26H,2,14H2,1H3. The number of hydrogen-bond donors (Lipinski definition) is 1. The second kappa shape index (κ2) is 10.7. The van der Waals surface area contributed by atoms with Gasteiger partial charge in [0.05, 0.1) is 23.4 Å². The van der Waals surface area contributed by atoms with Gasteiger partial charge in [0.2, 0.25) is 0 Å². The van der Waals surface area contributed by atoms with Crippen LogP contribution < -0.4 is 14.9 Å². The third kappa shape index (κ3) is 6.10. The van der Waals surface area contributed by atoms with Crippen LogP contribution >= 0.6 is 23.2 Å². The Morgan fingerprint density at radius 3 is 2.39 bits per heavy atom. The lowest BCUT2D eigenvalue weighted by molar-refractivity contribution is -0.384. The average molecular weight is 460 g/mol. The van der Waals surface area contributed by atoms with Crippen LogP contribution in [-0.2, 0) is 6.61 Å². The molecular formula is C22H19Cl2N3O4. The molecule has 0 unspecified atom stereocenters. The van der Waals surface area contributed by atoms with Crippen molar-refractivity contribution in [3.8, 4) is 11.5 Å². The predicted octanol–water partition coefficient (Wildman–Crippen LogP) is 6.33. The van der Waals surface area contributed by atoms with Gasteiger partial charge in [-0.2, -0.15) is 5.10 Å². The molecule has 0 atom stereocenters.